The molecular formula is C21H17N5O2. The van der Waals surface area contributed by atoms with Gasteiger partial charge in [-0.05, 0) is 48.5 Å². The van der Waals surface area contributed by atoms with Gasteiger partial charge >= 0.3 is 0 Å². The second kappa shape index (κ2) is 8.47. The van der Waals surface area contributed by atoms with E-state index in [1.54, 1.807) is 54.7 Å². The standard InChI is InChI=1S/C21H17N5O2/c1-14(27)24-16-6-8-17(9-7-16)25-18-10-11-20(23-13-18)21(28)26-19-5-3-2-4-15(19)12-22/h2-11,13,25H,1H3,(H,24,27)(H,26,28). The molecule has 3 aromatic rings. The van der Waals surface area contributed by atoms with E-state index in [1.807, 2.05) is 18.2 Å². The summed E-state index contributed by atoms with van der Waals surface area (Å²) in [6.45, 7) is 1.45. The topological polar surface area (TPSA) is 107 Å². The van der Waals surface area contributed by atoms with Gasteiger partial charge in [-0.1, -0.05) is 12.1 Å². The number of para-hydroxylation sites is 1. The minimum atomic E-state index is -0.395. The van der Waals surface area contributed by atoms with Crippen molar-refractivity contribution in [1.29, 1.82) is 5.26 Å². The normalized spacial score (nSPS) is 9.86. The molecule has 7 heteroatoms. The highest BCUT2D eigenvalue weighted by molar-refractivity contribution is 6.03. The molecule has 138 valence electrons. The van der Waals surface area contributed by atoms with E-state index in [1.165, 1.54) is 6.92 Å². The number of nitrogens with zero attached hydrogens (tertiary/aromatic N) is 2. The Kier molecular flexibility index (Phi) is 5.63. The lowest BCUT2D eigenvalue weighted by molar-refractivity contribution is -0.114. The molecule has 0 saturated heterocycles. The summed E-state index contributed by atoms with van der Waals surface area (Å²) < 4.78 is 0. The maximum Gasteiger partial charge on any atom is 0.274 e. The summed E-state index contributed by atoms with van der Waals surface area (Å²) in [5.74, 6) is -0.523. The highest BCUT2D eigenvalue weighted by Gasteiger charge is 2.10. The van der Waals surface area contributed by atoms with E-state index in [4.69, 9.17) is 5.26 Å². The van der Waals surface area contributed by atoms with Crippen molar-refractivity contribution in [3.05, 3.63) is 78.1 Å². The molecule has 1 aromatic heterocycles. The van der Waals surface area contributed by atoms with Crippen molar-refractivity contribution in [2.45, 2.75) is 6.92 Å². The predicted molar refractivity (Wildman–Crippen MR) is 107 cm³/mol. The third-order valence-corrected chi connectivity index (χ3v) is 3.79. The van der Waals surface area contributed by atoms with Gasteiger partial charge in [-0.2, -0.15) is 5.26 Å². The van der Waals surface area contributed by atoms with Crippen LogP contribution in [0.5, 0.6) is 0 Å². The Balaban J connectivity index is 1.65. The molecule has 0 saturated carbocycles. The van der Waals surface area contributed by atoms with Crippen molar-refractivity contribution in [2.24, 2.45) is 0 Å². The summed E-state index contributed by atoms with van der Waals surface area (Å²) in [5, 5.41) is 17.7. The lowest BCUT2D eigenvalue weighted by Gasteiger charge is -2.09. The minimum Gasteiger partial charge on any atom is -0.354 e. The fourth-order valence-corrected chi connectivity index (χ4v) is 2.48. The molecule has 0 radical (unpaired) electrons. The van der Waals surface area contributed by atoms with E-state index in [0.29, 0.717) is 22.6 Å². The number of hydrogen-bond donors (Lipinski definition) is 3. The van der Waals surface area contributed by atoms with E-state index < -0.39 is 5.91 Å². The van der Waals surface area contributed by atoms with Crippen LogP contribution < -0.4 is 16.0 Å². The van der Waals surface area contributed by atoms with E-state index in [2.05, 4.69) is 20.9 Å². The van der Waals surface area contributed by atoms with Crippen LogP contribution >= 0.6 is 0 Å². The highest BCUT2D eigenvalue weighted by Crippen LogP contribution is 2.19. The molecule has 0 unspecified atom stereocenters. The second-order valence-electron chi connectivity index (χ2n) is 5.93. The molecule has 3 N–H and O–H groups in total. The Morgan fingerprint density at radius 3 is 2.21 bits per heavy atom. The SMILES string of the molecule is CC(=O)Nc1ccc(Nc2ccc(C(=O)Nc3ccccc3C#N)nc2)cc1. The first-order chi connectivity index (χ1) is 13.5. The summed E-state index contributed by atoms with van der Waals surface area (Å²) in [6, 6.07) is 19.4. The van der Waals surface area contributed by atoms with Gasteiger partial charge in [0.15, 0.2) is 0 Å². The zero-order valence-corrected chi connectivity index (χ0v) is 15.1. The van der Waals surface area contributed by atoms with Crippen LogP contribution in [0.4, 0.5) is 22.7 Å². The number of nitriles is 1. The first-order valence-electron chi connectivity index (χ1n) is 8.46. The summed E-state index contributed by atoms with van der Waals surface area (Å²) in [7, 11) is 0. The quantitative estimate of drug-likeness (QED) is 0.630. The molecule has 28 heavy (non-hydrogen) atoms. The largest absolute Gasteiger partial charge is 0.354 e. The smallest absolute Gasteiger partial charge is 0.274 e. The molecule has 0 atom stereocenters. The Labute approximate surface area is 162 Å². The molecule has 0 aliphatic rings. The number of amides is 2. The van der Waals surface area contributed by atoms with E-state index in [9.17, 15) is 9.59 Å². The lowest BCUT2D eigenvalue weighted by Crippen LogP contribution is -2.14. The van der Waals surface area contributed by atoms with Gasteiger partial charge in [0.2, 0.25) is 5.91 Å². The molecule has 2 amide bonds. The predicted octanol–water partition coefficient (Wildman–Crippen LogP) is 3.91. The van der Waals surface area contributed by atoms with Crippen LogP contribution in [-0.4, -0.2) is 16.8 Å². The number of carbonyl (C=O) groups excluding carboxylic acids is 2. The number of benzene rings is 2. The number of pyridine rings is 1. The minimum absolute atomic E-state index is 0.129. The van der Waals surface area contributed by atoms with Crippen LogP contribution in [0.25, 0.3) is 0 Å². The number of nitrogens with one attached hydrogen (secondary N) is 3. The summed E-state index contributed by atoms with van der Waals surface area (Å²) in [4.78, 5) is 27.6. The first kappa shape index (κ1) is 18.6. The average Bonchev–Trinajstić information content (AvgIpc) is 2.70. The maximum atomic E-state index is 12.3. The number of anilines is 4. The Bertz CT molecular complexity index is 1040. The molecule has 2 aromatic carbocycles. The fourth-order valence-electron chi connectivity index (χ4n) is 2.48. The molecule has 1 heterocycles. The summed E-state index contributed by atoms with van der Waals surface area (Å²) in [5.41, 5.74) is 3.30. The fraction of sp³-hybridized carbons (Fsp3) is 0.0476. The van der Waals surface area contributed by atoms with Crippen molar-refractivity contribution in [3.63, 3.8) is 0 Å². The monoisotopic (exact) mass is 371 g/mol. The van der Waals surface area contributed by atoms with Gasteiger partial charge in [0, 0.05) is 18.3 Å². The lowest BCUT2D eigenvalue weighted by atomic mass is 10.2. The van der Waals surface area contributed by atoms with Gasteiger partial charge in [0.05, 0.1) is 23.1 Å². The van der Waals surface area contributed by atoms with Crippen molar-refractivity contribution < 1.29 is 9.59 Å². The van der Waals surface area contributed by atoms with Crippen molar-refractivity contribution in [1.82, 2.24) is 4.98 Å². The van der Waals surface area contributed by atoms with Crippen molar-refractivity contribution in [3.8, 4) is 6.07 Å². The zero-order valence-electron chi connectivity index (χ0n) is 15.1. The van der Waals surface area contributed by atoms with Crippen LogP contribution in [0, 0.1) is 11.3 Å². The van der Waals surface area contributed by atoms with Crippen molar-refractivity contribution in [2.75, 3.05) is 16.0 Å². The molecule has 0 aliphatic carbocycles. The molecule has 7 nitrogen and oxygen atoms in total. The highest BCUT2D eigenvalue weighted by atomic mass is 16.2. The first-order valence-corrected chi connectivity index (χ1v) is 8.46. The van der Waals surface area contributed by atoms with Crippen molar-refractivity contribution >= 4 is 34.6 Å². The van der Waals surface area contributed by atoms with Gasteiger partial charge in [-0.25, -0.2) is 4.98 Å². The molecule has 0 spiro atoms. The molecule has 0 bridgehead atoms. The van der Waals surface area contributed by atoms with Crippen LogP contribution in [0.2, 0.25) is 0 Å². The second-order valence-corrected chi connectivity index (χ2v) is 5.93. The van der Waals surface area contributed by atoms with Gasteiger partial charge in [0.1, 0.15) is 11.8 Å². The Morgan fingerprint density at radius 2 is 1.57 bits per heavy atom. The van der Waals surface area contributed by atoms with E-state index in [-0.39, 0.29) is 11.6 Å². The number of aromatic nitrogens is 1. The van der Waals surface area contributed by atoms with Crippen LogP contribution in [0.1, 0.15) is 23.0 Å². The van der Waals surface area contributed by atoms with Crippen LogP contribution in [-0.2, 0) is 4.79 Å². The third-order valence-electron chi connectivity index (χ3n) is 3.79. The Morgan fingerprint density at radius 1 is 0.893 bits per heavy atom. The number of rotatable bonds is 5. The molecular weight excluding hydrogens is 354 g/mol. The zero-order chi connectivity index (χ0) is 19.9. The molecule has 0 fully saturated rings. The van der Waals surface area contributed by atoms with Gasteiger partial charge < -0.3 is 16.0 Å². The van der Waals surface area contributed by atoms with E-state index >= 15 is 0 Å². The number of hydrogen-bond acceptors (Lipinski definition) is 5. The van der Waals surface area contributed by atoms with Crippen LogP contribution in [0.3, 0.4) is 0 Å². The summed E-state index contributed by atoms with van der Waals surface area (Å²) in [6.07, 6.45) is 1.55. The average molecular weight is 371 g/mol. The summed E-state index contributed by atoms with van der Waals surface area (Å²) >= 11 is 0. The van der Waals surface area contributed by atoms with Crippen LogP contribution in [0.15, 0.2) is 66.9 Å². The van der Waals surface area contributed by atoms with Gasteiger partial charge in [-0.3, -0.25) is 9.59 Å². The van der Waals surface area contributed by atoms with Gasteiger partial charge in [-0.15, -0.1) is 0 Å². The third kappa shape index (κ3) is 4.71. The molecule has 3 rings (SSSR count). The maximum absolute atomic E-state index is 12.3. The molecule has 0 aliphatic heterocycles. The van der Waals surface area contributed by atoms with E-state index in [0.717, 1.165) is 5.69 Å². The van der Waals surface area contributed by atoms with Gasteiger partial charge in [0.25, 0.3) is 5.91 Å². The number of carbonyl (C=O) groups is 2. The Hall–Kier alpha value is -4.18.